The van der Waals surface area contributed by atoms with Crippen molar-refractivity contribution in [1.29, 1.82) is 0 Å². The summed E-state index contributed by atoms with van der Waals surface area (Å²) in [5.41, 5.74) is 6.00. The first-order valence-electron chi connectivity index (χ1n) is 21.1. The van der Waals surface area contributed by atoms with Crippen molar-refractivity contribution < 1.29 is 28.4 Å². The van der Waals surface area contributed by atoms with E-state index < -0.39 is 0 Å². The number of thiophene rings is 3. The lowest BCUT2D eigenvalue weighted by Crippen LogP contribution is -2.08. The van der Waals surface area contributed by atoms with Gasteiger partial charge in [0.05, 0.1) is 48.3 Å². The molecule has 0 aliphatic rings. The van der Waals surface area contributed by atoms with Crippen molar-refractivity contribution in [3.63, 3.8) is 0 Å². The number of rotatable bonds is 15. The minimum absolute atomic E-state index is 0.775. The molecule has 0 unspecified atom stereocenters. The van der Waals surface area contributed by atoms with Crippen molar-refractivity contribution >= 4 is 113 Å². The molecule has 10 rings (SSSR count). The molecule has 0 aliphatic heterocycles. The molecule has 66 heavy (non-hydrogen) atoms. The normalized spacial score (nSPS) is 11.2. The molecule has 7 aromatic carbocycles. The Morgan fingerprint density at radius 1 is 0.273 bits per heavy atom. The van der Waals surface area contributed by atoms with Crippen LogP contribution in [0.15, 0.2) is 164 Å². The fourth-order valence-corrected chi connectivity index (χ4v) is 12.1. The highest BCUT2D eigenvalue weighted by Gasteiger charge is 2.26. The molecule has 0 atom stereocenters. The van der Waals surface area contributed by atoms with Gasteiger partial charge < -0.3 is 43.1 Å². The summed E-state index contributed by atoms with van der Waals surface area (Å²) in [5.74, 6) is 4.73. The zero-order valence-corrected chi connectivity index (χ0v) is 39.6. The Morgan fingerprint density at radius 2 is 0.530 bits per heavy atom. The minimum atomic E-state index is 0.775. The molecular weight excluding hydrogens is 883 g/mol. The van der Waals surface area contributed by atoms with Crippen molar-refractivity contribution in [1.82, 2.24) is 0 Å². The van der Waals surface area contributed by atoms with Gasteiger partial charge >= 0.3 is 0 Å². The van der Waals surface area contributed by atoms with E-state index in [1.165, 1.54) is 30.3 Å². The summed E-state index contributed by atoms with van der Waals surface area (Å²) in [6.07, 6.45) is 0. The fourth-order valence-electron chi connectivity index (χ4n) is 8.19. The van der Waals surface area contributed by atoms with Crippen molar-refractivity contribution in [2.45, 2.75) is 0 Å². The fraction of sp³-hybridized carbons (Fsp3) is 0.111. The van der Waals surface area contributed by atoms with Crippen LogP contribution in [0.2, 0.25) is 0 Å². The van der Waals surface area contributed by atoms with Crippen LogP contribution >= 0.6 is 34.0 Å². The summed E-state index contributed by atoms with van der Waals surface area (Å²) in [6.45, 7) is 0. The zero-order chi connectivity index (χ0) is 45.3. The summed E-state index contributed by atoms with van der Waals surface area (Å²) in [7, 11) is 10.2. The molecule has 0 aliphatic carbocycles. The molecule has 0 bridgehead atoms. The lowest BCUT2D eigenvalue weighted by molar-refractivity contribution is 0.414. The molecule has 3 heterocycles. The molecule has 0 saturated carbocycles. The van der Waals surface area contributed by atoms with E-state index in [0.29, 0.717) is 0 Å². The highest BCUT2D eigenvalue weighted by atomic mass is 32.1. The summed E-state index contributed by atoms with van der Waals surface area (Å²) < 4.78 is 37.3. The Kier molecular flexibility index (Phi) is 11.8. The predicted molar refractivity (Wildman–Crippen MR) is 276 cm³/mol. The Balaban J connectivity index is 1.25. The summed E-state index contributed by atoms with van der Waals surface area (Å²) in [4.78, 5) is 6.92. The van der Waals surface area contributed by atoms with Gasteiger partial charge in [-0.1, -0.05) is 6.07 Å². The Hall–Kier alpha value is -7.38. The van der Waals surface area contributed by atoms with Gasteiger partial charge in [-0.3, -0.25) is 0 Å². The van der Waals surface area contributed by atoms with E-state index in [1.807, 2.05) is 72.8 Å². The highest BCUT2D eigenvalue weighted by Crippen LogP contribution is 2.55. The molecule has 0 N–H and O–H groups in total. The lowest BCUT2D eigenvalue weighted by atomic mass is 10.1. The van der Waals surface area contributed by atoms with Crippen LogP contribution in [0.3, 0.4) is 0 Å². The topological polar surface area (TPSA) is 65.1 Å². The number of benzene rings is 7. The van der Waals surface area contributed by atoms with Crippen molar-refractivity contribution in [3.8, 4) is 34.5 Å². The van der Waals surface area contributed by atoms with Crippen LogP contribution in [0.5, 0.6) is 34.5 Å². The second-order valence-electron chi connectivity index (χ2n) is 15.2. The predicted octanol–water partition coefficient (Wildman–Crippen LogP) is 15.8. The number of fused-ring (bicyclic) bond motifs is 6. The second kappa shape index (κ2) is 18.2. The molecule has 9 nitrogen and oxygen atoms in total. The molecule has 12 heteroatoms. The van der Waals surface area contributed by atoms with Crippen molar-refractivity contribution in [2.75, 3.05) is 57.4 Å². The van der Waals surface area contributed by atoms with E-state index in [4.69, 9.17) is 28.4 Å². The zero-order valence-electron chi connectivity index (χ0n) is 37.1. The molecule has 0 radical (unpaired) electrons. The van der Waals surface area contributed by atoms with E-state index in [1.54, 1.807) is 76.7 Å². The van der Waals surface area contributed by atoms with Crippen LogP contribution in [0, 0.1) is 0 Å². The van der Waals surface area contributed by atoms with Crippen LogP contribution in [0.4, 0.5) is 49.1 Å². The SMILES string of the molecule is COc1ccc(N(c2ccc(OC)cc2)c2cc3c(s2)c2cc(N(c4ccc(OC)cc4)c4ccc(OC)cc4)sc2c2cc(N(c4ccc(OC)cc4)c4cccc(OC)c4)sc32)cc1. The molecule has 0 spiro atoms. The van der Waals surface area contributed by atoms with Gasteiger partial charge in [-0.05, 0) is 152 Å². The molecule has 0 fully saturated rings. The molecular formula is C54H45N3O6S3. The van der Waals surface area contributed by atoms with Crippen LogP contribution in [0.1, 0.15) is 0 Å². The van der Waals surface area contributed by atoms with E-state index in [-0.39, 0.29) is 0 Å². The molecule has 0 saturated heterocycles. The number of hydrogen-bond acceptors (Lipinski definition) is 12. The van der Waals surface area contributed by atoms with Gasteiger partial charge in [0.2, 0.25) is 0 Å². The van der Waals surface area contributed by atoms with E-state index in [0.717, 1.165) is 83.6 Å². The standard InChI is InChI=1S/C54H45N3O6S3/c1-58-40-20-10-34(11-21-40)55(35-12-22-41(59-2)23-13-35)49-31-46-52-47(32-50(64-52)56(36-14-24-42(60-3)25-15-36)37-16-26-43(61-4)27-17-37)54-48(53(46)65-49)33-51(66-54)57(38-18-28-44(62-5)29-19-38)39-8-7-9-45(30-39)63-6/h7-33H,1-6H3. The largest absolute Gasteiger partial charge is 0.497 e. The molecule has 330 valence electrons. The quantitative estimate of drug-likeness (QED) is 0.1000. The third-order valence-corrected chi connectivity index (χ3v) is 15.0. The Morgan fingerprint density at radius 3 is 0.788 bits per heavy atom. The second-order valence-corrected chi connectivity index (χ2v) is 18.3. The summed E-state index contributed by atoms with van der Waals surface area (Å²) >= 11 is 5.35. The number of ether oxygens (including phenoxy) is 6. The number of methoxy groups -OCH3 is 6. The molecule has 10 aromatic rings. The van der Waals surface area contributed by atoms with E-state index >= 15 is 0 Å². The highest BCUT2D eigenvalue weighted by molar-refractivity contribution is 7.30. The first-order chi connectivity index (χ1) is 32.4. The number of anilines is 9. The third-order valence-electron chi connectivity index (χ3n) is 11.5. The number of hydrogen-bond donors (Lipinski definition) is 0. The molecule has 0 amide bonds. The number of nitrogens with zero attached hydrogens (tertiary/aromatic N) is 3. The van der Waals surface area contributed by atoms with E-state index in [9.17, 15) is 0 Å². The third kappa shape index (κ3) is 7.93. The van der Waals surface area contributed by atoms with Gasteiger partial charge in [0.25, 0.3) is 0 Å². The van der Waals surface area contributed by atoms with Gasteiger partial charge in [-0.15, -0.1) is 34.0 Å². The van der Waals surface area contributed by atoms with Gasteiger partial charge in [0, 0.05) is 64.8 Å². The van der Waals surface area contributed by atoms with E-state index in [2.05, 4.69) is 106 Å². The lowest BCUT2D eigenvalue weighted by Gasteiger charge is -2.24. The van der Waals surface area contributed by atoms with Crippen LogP contribution < -0.4 is 43.1 Å². The monoisotopic (exact) mass is 927 g/mol. The minimum Gasteiger partial charge on any atom is -0.497 e. The summed E-state index contributed by atoms with van der Waals surface area (Å²) in [5, 5.41) is 6.71. The van der Waals surface area contributed by atoms with Gasteiger partial charge in [-0.25, -0.2) is 0 Å². The Labute approximate surface area is 395 Å². The maximum Gasteiger partial charge on any atom is 0.120 e. The maximum atomic E-state index is 5.76. The smallest absolute Gasteiger partial charge is 0.120 e. The van der Waals surface area contributed by atoms with Crippen molar-refractivity contribution in [3.05, 3.63) is 164 Å². The average Bonchev–Trinajstić information content (AvgIpc) is 4.13. The van der Waals surface area contributed by atoms with Gasteiger partial charge in [0.15, 0.2) is 0 Å². The molecule has 3 aromatic heterocycles. The average molecular weight is 928 g/mol. The maximum absolute atomic E-state index is 5.76. The van der Waals surface area contributed by atoms with Crippen molar-refractivity contribution in [2.24, 2.45) is 0 Å². The Bertz CT molecular complexity index is 3010. The van der Waals surface area contributed by atoms with Crippen LogP contribution in [0.25, 0.3) is 30.3 Å². The first kappa shape index (κ1) is 42.6. The van der Waals surface area contributed by atoms with Gasteiger partial charge in [-0.2, -0.15) is 0 Å². The van der Waals surface area contributed by atoms with Gasteiger partial charge in [0.1, 0.15) is 49.5 Å². The summed E-state index contributed by atoms with van der Waals surface area (Å²) in [6, 6.07) is 56.3. The first-order valence-corrected chi connectivity index (χ1v) is 23.5. The van der Waals surface area contributed by atoms with Crippen LogP contribution in [-0.2, 0) is 0 Å². The van der Waals surface area contributed by atoms with Crippen LogP contribution in [-0.4, -0.2) is 42.7 Å².